The quantitative estimate of drug-likeness (QED) is 0.903. The molecule has 26 heavy (non-hydrogen) atoms. The zero-order chi connectivity index (χ0) is 18.1. The minimum absolute atomic E-state index is 0.0109. The third kappa shape index (κ3) is 3.28. The number of aryl methyl sites for hydroxylation is 1. The molecule has 2 aliphatic heterocycles. The number of urea groups is 1. The molecule has 4 rings (SSSR count). The fourth-order valence-corrected chi connectivity index (χ4v) is 4.32. The summed E-state index contributed by atoms with van der Waals surface area (Å²) in [7, 11) is 0. The van der Waals surface area contributed by atoms with Gasteiger partial charge in [-0.1, -0.05) is 0 Å². The molecule has 1 aromatic carbocycles. The molecule has 2 fully saturated rings. The molecule has 1 aromatic heterocycles. The fraction of sp³-hybridized carbons (Fsp3) is 0.500. The van der Waals surface area contributed by atoms with Crippen LogP contribution in [0.2, 0.25) is 0 Å². The highest BCUT2D eigenvalue weighted by Crippen LogP contribution is 2.41. The lowest BCUT2D eigenvalue weighted by molar-refractivity contribution is 0.129. The molecule has 2 saturated heterocycles. The number of amides is 2. The predicted octanol–water partition coefficient (Wildman–Crippen LogP) is 3.99. The van der Waals surface area contributed by atoms with Crippen LogP contribution in [0.25, 0.3) is 0 Å². The van der Waals surface area contributed by atoms with Crippen molar-refractivity contribution < 1.29 is 9.53 Å². The highest BCUT2D eigenvalue weighted by atomic mass is 16.5. The Morgan fingerprint density at radius 2 is 1.88 bits per heavy atom. The smallest absolute Gasteiger partial charge is 0.322 e. The first-order valence-electron chi connectivity index (χ1n) is 9.47. The van der Waals surface area contributed by atoms with Crippen LogP contribution in [0.1, 0.15) is 44.2 Å². The van der Waals surface area contributed by atoms with E-state index in [1.165, 1.54) is 5.56 Å². The Bertz CT molecular complexity index is 756. The predicted molar refractivity (Wildman–Crippen MR) is 101 cm³/mol. The number of fused-ring (bicyclic) bond motifs is 2. The number of piperidine rings is 1. The maximum Gasteiger partial charge on any atom is 0.322 e. The molecule has 0 spiro atoms. The van der Waals surface area contributed by atoms with Crippen molar-refractivity contribution in [2.45, 2.75) is 57.7 Å². The molecule has 1 N–H and O–H groups in total. The van der Waals surface area contributed by atoms with Crippen LogP contribution in [-0.4, -0.2) is 39.4 Å². The van der Waals surface area contributed by atoms with Crippen molar-refractivity contribution in [2.75, 3.05) is 11.9 Å². The number of anilines is 1. The zero-order valence-corrected chi connectivity index (χ0v) is 15.4. The maximum absolute atomic E-state index is 12.8. The maximum atomic E-state index is 12.8. The van der Waals surface area contributed by atoms with Crippen LogP contribution < -0.4 is 10.1 Å². The molecule has 2 aliphatic rings. The van der Waals surface area contributed by atoms with E-state index in [1.807, 2.05) is 37.4 Å². The first kappa shape index (κ1) is 16.9. The number of benzene rings is 1. The van der Waals surface area contributed by atoms with Gasteiger partial charge >= 0.3 is 6.03 Å². The SMILES string of the molecule is CCOc1ccc(NC(=O)N2C3CCC2CC(n2cc(C)cn2)C3)cc1. The normalized spacial score (nSPS) is 24.5. The Labute approximate surface area is 154 Å². The van der Waals surface area contributed by atoms with Crippen molar-refractivity contribution in [1.82, 2.24) is 14.7 Å². The summed E-state index contributed by atoms with van der Waals surface area (Å²) in [6.45, 7) is 4.66. The van der Waals surface area contributed by atoms with E-state index < -0.39 is 0 Å². The number of hydrogen-bond acceptors (Lipinski definition) is 3. The third-order valence-electron chi connectivity index (χ3n) is 5.46. The molecule has 0 aliphatic carbocycles. The van der Waals surface area contributed by atoms with Gasteiger partial charge in [0.05, 0.1) is 18.8 Å². The summed E-state index contributed by atoms with van der Waals surface area (Å²) in [6.07, 6.45) is 8.14. The largest absolute Gasteiger partial charge is 0.494 e. The second-order valence-electron chi connectivity index (χ2n) is 7.30. The molecule has 138 valence electrons. The van der Waals surface area contributed by atoms with Crippen molar-refractivity contribution >= 4 is 11.7 Å². The Hall–Kier alpha value is -2.50. The summed E-state index contributed by atoms with van der Waals surface area (Å²) in [5, 5.41) is 7.53. The molecule has 2 amide bonds. The van der Waals surface area contributed by atoms with E-state index in [4.69, 9.17) is 4.74 Å². The Morgan fingerprint density at radius 1 is 1.19 bits per heavy atom. The number of carbonyl (C=O) groups excluding carboxylic acids is 1. The van der Waals surface area contributed by atoms with Gasteiger partial charge in [-0.15, -0.1) is 0 Å². The number of carbonyl (C=O) groups is 1. The molecule has 2 unspecified atom stereocenters. The average molecular weight is 354 g/mol. The first-order chi connectivity index (χ1) is 12.6. The Morgan fingerprint density at radius 3 is 2.46 bits per heavy atom. The van der Waals surface area contributed by atoms with Gasteiger partial charge < -0.3 is 15.0 Å². The van der Waals surface area contributed by atoms with Crippen LogP contribution in [-0.2, 0) is 0 Å². The van der Waals surface area contributed by atoms with Gasteiger partial charge in [0, 0.05) is 24.0 Å². The summed E-state index contributed by atoms with van der Waals surface area (Å²) in [5.74, 6) is 0.820. The van der Waals surface area contributed by atoms with Crippen molar-refractivity contribution in [3.8, 4) is 5.75 Å². The lowest BCUT2D eigenvalue weighted by Gasteiger charge is -2.38. The van der Waals surface area contributed by atoms with Crippen LogP contribution >= 0.6 is 0 Å². The summed E-state index contributed by atoms with van der Waals surface area (Å²) >= 11 is 0. The fourth-order valence-electron chi connectivity index (χ4n) is 4.32. The number of ether oxygens (including phenoxy) is 1. The van der Waals surface area contributed by atoms with Crippen molar-refractivity contribution in [2.24, 2.45) is 0 Å². The second kappa shape index (κ2) is 7.02. The Kier molecular flexibility index (Phi) is 4.57. The van der Waals surface area contributed by atoms with Gasteiger partial charge in [-0.05, 0) is 69.4 Å². The van der Waals surface area contributed by atoms with Gasteiger partial charge in [0.15, 0.2) is 0 Å². The number of nitrogens with one attached hydrogen (secondary N) is 1. The average Bonchev–Trinajstić information content (AvgIpc) is 3.18. The van der Waals surface area contributed by atoms with Gasteiger partial charge in [-0.3, -0.25) is 4.68 Å². The molecule has 0 radical (unpaired) electrons. The molecule has 6 nitrogen and oxygen atoms in total. The molecule has 6 heteroatoms. The molecule has 2 atom stereocenters. The van der Waals surface area contributed by atoms with Gasteiger partial charge in [-0.25, -0.2) is 4.79 Å². The first-order valence-corrected chi connectivity index (χ1v) is 9.47. The highest BCUT2D eigenvalue weighted by molar-refractivity contribution is 5.90. The topological polar surface area (TPSA) is 59.4 Å². The van der Waals surface area contributed by atoms with Crippen LogP contribution in [0.15, 0.2) is 36.7 Å². The van der Waals surface area contributed by atoms with Crippen LogP contribution in [0.4, 0.5) is 10.5 Å². The van der Waals surface area contributed by atoms with Gasteiger partial charge in [0.25, 0.3) is 0 Å². The summed E-state index contributed by atoms with van der Waals surface area (Å²) in [5.41, 5.74) is 2.00. The minimum atomic E-state index is 0.0109. The van der Waals surface area contributed by atoms with Gasteiger partial charge in [0.1, 0.15) is 5.75 Å². The van der Waals surface area contributed by atoms with Crippen LogP contribution in [0, 0.1) is 6.92 Å². The van der Waals surface area contributed by atoms with Gasteiger partial charge in [-0.2, -0.15) is 5.10 Å². The number of aromatic nitrogens is 2. The van der Waals surface area contributed by atoms with Crippen LogP contribution in [0.3, 0.4) is 0 Å². The molecule has 2 bridgehead atoms. The molecular formula is C20H26N4O2. The lowest BCUT2D eigenvalue weighted by Crippen LogP contribution is -2.48. The van der Waals surface area contributed by atoms with E-state index in [2.05, 4.69) is 33.1 Å². The molecule has 2 aromatic rings. The van der Waals surface area contributed by atoms with E-state index in [0.717, 1.165) is 37.1 Å². The van der Waals surface area contributed by atoms with Crippen LogP contribution in [0.5, 0.6) is 5.75 Å². The van der Waals surface area contributed by atoms with E-state index in [9.17, 15) is 4.79 Å². The molecular weight excluding hydrogens is 328 g/mol. The summed E-state index contributed by atoms with van der Waals surface area (Å²) < 4.78 is 7.54. The molecule has 3 heterocycles. The Balaban J connectivity index is 1.41. The lowest BCUT2D eigenvalue weighted by atomic mass is 9.98. The number of hydrogen-bond donors (Lipinski definition) is 1. The van der Waals surface area contributed by atoms with E-state index in [-0.39, 0.29) is 6.03 Å². The van der Waals surface area contributed by atoms with Gasteiger partial charge in [0.2, 0.25) is 0 Å². The zero-order valence-electron chi connectivity index (χ0n) is 15.4. The molecule has 0 saturated carbocycles. The second-order valence-corrected chi connectivity index (χ2v) is 7.30. The minimum Gasteiger partial charge on any atom is -0.494 e. The van der Waals surface area contributed by atoms with E-state index in [0.29, 0.717) is 24.7 Å². The van der Waals surface area contributed by atoms with Crippen molar-refractivity contribution in [3.05, 3.63) is 42.2 Å². The number of rotatable bonds is 4. The van der Waals surface area contributed by atoms with E-state index >= 15 is 0 Å². The third-order valence-corrected chi connectivity index (χ3v) is 5.46. The standard InChI is InChI=1S/C20H26N4O2/c1-3-26-19-8-4-15(5-9-19)22-20(25)24-16-6-7-17(24)11-18(10-16)23-13-14(2)12-21-23/h4-5,8-9,12-13,16-18H,3,6-7,10-11H2,1-2H3,(H,22,25). The highest BCUT2D eigenvalue weighted by Gasteiger charge is 2.44. The van der Waals surface area contributed by atoms with E-state index in [1.54, 1.807) is 0 Å². The summed E-state index contributed by atoms with van der Waals surface area (Å²) in [6, 6.07) is 8.57. The van der Waals surface area contributed by atoms with Crippen molar-refractivity contribution in [1.29, 1.82) is 0 Å². The monoisotopic (exact) mass is 354 g/mol. The number of nitrogens with zero attached hydrogens (tertiary/aromatic N) is 3. The van der Waals surface area contributed by atoms with Crippen molar-refractivity contribution in [3.63, 3.8) is 0 Å². The summed E-state index contributed by atoms with van der Waals surface area (Å²) in [4.78, 5) is 14.9.